The Balaban J connectivity index is 1.62. The number of anilines is 1. The standard InChI is InChI=1S/C24H21FN4O6/c1-2-34-22-12-16(14-26-28-24(31)17-6-5-7-18(13-17)29(32)33)10-11-21(22)35-15-23(30)27-20-9-4-3-8-19(20)25/h3-14H,2,15H2,1H3,(H,27,30)(H,28,31). The lowest BCUT2D eigenvalue weighted by molar-refractivity contribution is -0.384. The molecule has 0 bridgehead atoms. The molecule has 0 aliphatic heterocycles. The fourth-order valence-electron chi connectivity index (χ4n) is 2.88. The molecule has 0 unspecified atom stereocenters. The van der Waals surface area contributed by atoms with Gasteiger partial charge in [-0.3, -0.25) is 19.7 Å². The Kier molecular flexibility index (Phi) is 8.43. The maximum atomic E-state index is 13.7. The van der Waals surface area contributed by atoms with Gasteiger partial charge in [-0.05, 0) is 48.9 Å². The number of nitrogens with one attached hydrogen (secondary N) is 2. The number of nitrogens with zero attached hydrogens (tertiary/aromatic N) is 2. The molecule has 0 aromatic heterocycles. The van der Waals surface area contributed by atoms with Crippen LogP contribution in [0.15, 0.2) is 71.8 Å². The predicted octanol–water partition coefficient (Wildman–Crippen LogP) is 3.91. The van der Waals surface area contributed by atoms with Gasteiger partial charge in [0.15, 0.2) is 18.1 Å². The summed E-state index contributed by atoms with van der Waals surface area (Å²) in [6.45, 7) is 1.72. The topological polar surface area (TPSA) is 132 Å². The lowest BCUT2D eigenvalue weighted by Crippen LogP contribution is -2.21. The van der Waals surface area contributed by atoms with E-state index < -0.39 is 22.6 Å². The molecule has 0 spiro atoms. The Morgan fingerprint density at radius 3 is 2.60 bits per heavy atom. The van der Waals surface area contributed by atoms with Crippen molar-refractivity contribution < 1.29 is 28.4 Å². The third-order valence-corrected chi connectivity index (χ3v) is 4.47. The molecule has 180 valence electrons. The molecule has 10 nitrogen and oxygen atoms in total. The number of carbonyl (C=O) groups excluding carboxylic acids is 2. The van der Waals surface area contributed by atoms with Crippen LogP contribution in [0.25, 0.3) is 0 Å². The molecule has 0 radical (unpaired) electrons. The van der Waals surface area contributed by atoms with Gasteiger partial charge in [-0.1, -0.05) is 18.2 Å². The van der Waals surface area contributed by atoms with Gasteiger partial charge >= 0.3 is 0 Å². The van der Waals surface area contributed by atoms with Gasteiger partial charge in [0.2, 0.25) is 0 Å². The number of hydrogen-bond donors (Lipinski definition) is 2. The zero-order chi connectivity index (χ0) is 25.2. The first-order chi connectivity index (χ1) is 16.9. The molecule has 0 saturated heterocycles. The highest BCUT2D eigenvalue weighted by molar-refractivity contribution is 5.95. The van der Waals surface area contributed by atoms with E-state index in [2.05, 4.69) is 15.8 Å². The van der Waals surface area contributed by atoms with Crippen molar-refractivity contribution in [3.63, 3.8) is 0 Å². The number of benzene rings is 3. The summed E-state index contributed by atoms with van der Waals surface area (Å²) in [6.07, 6.45) is 1.35. The summed E-state index contributed by atoms with van der Waals surface area (Å²) in [5, 5.41) is 17.1. The van der Waals surface area contributed by atoms with E-state index in [0.29, 0.717) is 17.9 Å². The normalized spacial score (nSPS) is 10.6. The van der Waals surface area contributed by atoms with Crippen LogP contribution in [0.1, 0.15) is 22.8 Å². The second-order valence-corrected chi connectivity index (χ2v) is 6.96. The molecule has 11 heteroatoms. The van der Waals surface area contributed by atoms with Crippen molar-refractivity contribution in [1.82, 2.24) is 5.43 Å². The number of para-hydroxylation sites is 1. The van der Waals surface area contributed by atoms with Crippen molar-refractivity contribution in [1.29, 1.82) is 0 Å². The molecular weight excluding hydrogens is 459 g/mol. The van der Waals surface area contributed by atoms with E-state index in [1.807, 2.05) is 0 Å². The van der Waals surface area contributed by atoms with Gasteiger partial charge in [0.25, 0.3) is 17.5 Å². The Bertz CT molecular complexity index is 1260. The van der Waals surface area contributed by atoms with Crippen molar-refractivity contribution in [3.05, 3.63) is 93.8 Å². The number of nitro benzene ring substituents is 1. The number of amides is 2. The molecule has 3 aromatic carbocycles. The monoisotopic (exact) mass is 480 g/mol. The molecule has 35 heavy (non-hydrogen) atoms. The Morgan fingerprint density at radius 2 is 1.86 bits per heavy atom. The summed E-state index contributed by atoms with van der Waals surface area (Å²) in [5.41, 5.74) is 2.78. The van der Waals surface area contributed by atoms with Crippen LogP contribution in [0.5, 0.6) is 11.5 Å². The number of carbonyl (C=O) groups is 2. The minimum Gasteiger partial charge on any atom is -0.490 e. The Labute approximate surface area is 199 Å². The second-order valence-electron chi connectivity index (χ2n) is 6.96. The molecular formula is C24H21FN4O6. The summed E-state index contributed by atoms with van der Waals surface area (Å²) in [6, 6.07) is 15.8. The third-order valence-electron chi connectivity index (χ3n) is 4.47. The smallest absolute Gasteiger partial charge is 0.271 e. The zero-order valence-electron chi connectivity index (χ0n) is 18.6. The van der Waals surface area contributed by atoms with E-state index >= 15 is 0 Å². The van der Waals surface area contributed by atoms with Gasteiger partial charge in [0.1, 0.15) is 5.82 Å². The van der Waals surface area contributed by atoms with Crippen LogP contribution in [0.2, 0.25) is 0 Å². The summed E-state index contributed by atoms with van der Waals surface area (Å²) < 4.78 is 24.7. The first kappa shape index (κ1) is 24.8. The summed E-state index contributed by atoms with van der Waals surface area (Å²) in [4.78, 5) is 34.6. The molecule has 3 aromatic rings. The van der Waals surface area contributed by atoms with E-state index in [1.165, 1.54) is 42.6 Å². The van der Waals surface area contributed by atoms with Crippen LogP contribution in [-0.2, 0) is 4.79 Å². The largest absolute Gasteiger partial charge is 0.490 e. The zero-order valence-corrected chi connectivity index (χ0v) is 18.6. The number of hydrazone groups is 1. The summed E-state index contributed by atoms with van der Waals surface area (Å²) in [5.74, 6) is -1.10. The van der Waals surface area contributed by atoms with Crippen LogP contribution in [0.4, 0.5) is 15.8 Å². The molecule has 0 aliphatic rings. The molecule has 2 N–H and O–H groups in total. The maximum absolute atomic E-state index is 13.7. The lowest BCUT2D eigenvalue weighted by Gasteiger charge is -2.13. The van der Waals surface area contributed by atoms with E-state index in [9.17, 15) is 24.1 Å². The minimum absolute atomic E-state index is 0.0462. The predicted molar refractivity (Wildman–Crippen MR) is 126 cm³/mol. The fraction of sp³-hybridized carbons (Fsp3) is 0.125. The molecule has 0 atom stereocenters. The van der Waals surface area contributed by atoms with Crippen molar-refractivity contribution in [2.24, 2.45) is 5.10 Å². The van der Waals surface area contributed by atoms with Crippen LogP contribution in [-0.4, -0.2) is 36.2 Å². The maximum Gasteiger partial charge on any atom is 0.271 e. The van der Waals surface area contributed by atoms with Crippen LogP contribution < -0.4 is 20.2 Å². The molecule has 0 aliphatic carbocycles. The highest BCUT2D eigenvalue weighted by atomic mass is 19.1. The average molecular weight is 480 g/mol. The Morgan fingerprint density at radius 1 is 1.06 bits per heavy atom. The van der Waals surface area contributed by atoms with Gasteiger partial charge in [-0.15, -0.1) is 0 Å². The van der Waals surface area contributed by atoms with Gasteiger partial charge in [0, 0.05) is 17.7 Å². The number of ether oxygens (including phenoxy) is 2. The minimum atomic E-state index is -0.615. The van der Waals surface area contributed by atoms with Gasteiger partial charge in [-0.25, -0.2) is 9.82 Å². The van der Waals surface area contributed by atoms with Crippen molar-refractivity contribution in [2.45, 2.75) is 6.92 Å². The molecule has 3 rings (SSSR count). The van der Waals surface area contributed by atoms with Crippen LogP contribution in [0, 0.1) is 15.9 Å². The van der Waals surface area contributed by atoms with Crippen LogP contribution >= 0.6 is 0 Å². The third kappa shape index (κ3) is 7.09. The molecule has 0 fully saturated rings. The van der Waals surface area contributed by atoms with Crippen molar-refractivity contribution in [2.75, 3.05) is 18.5 Å². The van der Waals surface area contributed by atoms with E-state index in [1.54, 1.807) is 31.2 Å². The summed E-state index contributed by atoms with van der Waals surface area (Å²) in [7, 11) is 0. The summed E-state index contributed by atoms with van der Waals surface area (Å²) >= 11 is 0. The SMILES string of the molecule is CCOc1cc(C=NNC(=O)c2cccc([N+](=O)[O-])c2)ccc1OCC(=O)Nc1ccccc1F. The van der Waals surface area contributed by atoms with Gasteiger partial charge in [-0.2, -0.15) is 5.10 Å². The number of halogens is 1. The lowest BCUT2D eigenvalue weighted by atomic mass is 10.2. The highest BCUT2D eigenvalue weighted by Gasteiger charge is 2.12. The number of non-ortho nitro benzene ring substituents is 1. The van der Waals surface area contributed by atoms with Gasteiger partial charge in [0.05, 0.1) is 23.4 Å². The van der Waals surface area contributed by atoms with Crippen molar-refractivity contribution >= 4 is 29.4 Å². The number of hydrogen-bond acceptors (Lipinski definition) is 7. The van der Waals surface area contributed by atoms with E-state index in [0.717, 1.165) is 6.07 Å². The second kappa shape index (κ2) is 11.9. The van der Waals surface area contributed by atoms with E-state index in [4.69, 9.17) is 9.47 Å². The van der Waals surface area contributed by atoms with Gasteiger partial charge < -0.3 is 14.8 Å². The molecule has 2 amide bonds. The quantitative estimate of drug-likeness (QED) is 0.257. The average Bonchev–Trinajstić information content (AvgIpc) is 2.85. The number of nitro groups is 1. The number of rotatable bonds is 10. The van der Waals surface area contributed by atoms with Crippen LogP contribution in [0.3, 0.4) is 0 Å². The molecule has 0 saturated carbocycles. The van der Waals surface area contributed by atoms with E-state index in [-0.39, 0.29) is 29.3 Å². The Hall–Kier alpha value is -4.80. The highest BCUT2D eigenvalue weighted by Crippen LogP contribution is 2.28. The molecule has 0 heterocycles. The fourth-order valence-corrected chi connectivity index (χ4v) is 2.88. The first-order valence-corrected chi connectivity index (χ1v) is 10.4. The first-order valence-electron chi connectivity index (χ1n) is 10.4. The van der Waals surface area contributed by atoms with Crippen molar-refractivity contribution in [3.8, 4) is 11.5 Å².